The number of aromatic carboxylic acids is 1. The number of fused-ring (bicyclic) bond motifs is 2. The van der Waals surface area contributed by atoms with Gasteiger partial charge in [-0.2, -0.15) is 10.2 Å². The van der Waals surface area contributed by atoms with E-state index < -0.39 is 5.97 Å². The summed E-state index contributed by atoms with van der Waals surface area (Å²) in [7, 11) is 3.76. The summed E-state index contributed by atoms with van der Waals surface area (Å²) >= 11 is 0. The van der Waals surface area contributed by atoms with Crippen LogP contribution in [0.25, 0.3) is 44.3 Å². The van der Waals surface area contributed by atoms with Gasteiger partial charge in [0.1, 0.15) is 11.4 Å². The van der Waals surface area contributed by atoms with Crippen LogP contribution >= 0.6 is 0 Å². The van der Waals surface area contributed by atoms with Crippen molar-refractivity contribution in [3.8, 4) is 22.5 Å². The predicted octanol–water partition coefficient (Wildman–Crippen LogP) is 3.84. The van der Waals surface area contributed by atoms with Gasteiger partial charge in [0.2, 0.25) is 0 Å². The molecule has 0 amide bonds. The molecule has 1 aromatic carbocycles. The summed E-state index contributed by atoms with van der Waals surface area (Å²) in [6, 6.07) is 11.3. The van der Waals surface area contributed by atoms with Gasteiger partial charge in [-0.15, -0.1) is 0 Å². The minimum Gasteiger partial charge on any atom is -0.477 e. The minimum atomic E-state index is -1.07. The standard InChI is InChI=1S/C23H20N6O2/c1-4-16-7-5-14-10-18(23(30)31)26-22(21(14)25-16)13-6-8-19-17(9-13)20(27-29(19)3)15-11-24-28(2)12-15/h5-12H,4H2,1-3H3,(H,30,31). The van der Waals surface area contributed by atoms with Crippen LogP contribution in [0.2, 0.25) is 0 Å². The van der Waals surface area contributed by atoms with Crippen molar-refractivity contribution in [1.82, 2.24) is 29.5 Å². The second-order valence-electron chi connectivity index (χ2n) is 7.50. The SMILES string of the molecule is CCc1ccc2cc(C(=O)O)nc(-c3ccc4c(c3)c(-c3cnn(C)c3)nn4C)c2n1. The summed E-state index contributed by atoms with van der Waals surface area (Å²) < 4.78 is 3.56. The number of hydrogen-bond donors (Lipinski definition) is 1. The largest absolute Gasteiger partial charge is 0.477 e. The Bertz CT molecular complexity index is 1480. The van der Waals surface area contributed by atoms with Gasteiger partial charge in [0.15, 0.2) is 0 Å². The number of aryl methyl sites for hydroxylation is 3. The van der Waals surface area contributed by atoms with E-state index in [1.54, 1.807) is 16.9 Å². The van der Waals surface area contributed by atoms with Gasteiger partial charge in [0.25, 0.3) is 0 Å². The molecule has 8 nitrogen and oxygen atoms in total. The van der Waals surface area contributed by atoms with Crippen molar-refractivity contribution in [1.29, 1.82) is 0 Å². The van der Waals surface area contributed by atoms with E-state index in [9.17, 15) is 9.90 Å². The lowest BCUT2D eigenvalue weighted by Crippen LogP contribution is -2.03. The maximum absolute atomic E-state index is 11.7. The van der Waals surface area contributed by atoms with Crippen LogP contribution in [0.1, 0.15) is 23.1 Å². The molecule has 0 saturated carbocycles. The van der Waals surface area contributed by atoms with Crippen LogP contribution in [-0.4, -0.2) is 40.6 Å². The Morgan fingerprint density at radius 3 is 2.58 bits per heavy atom. The lowest BCUT2D eigenvalue weighted by molar-refractivity contribution is 0.0691. The van der Waals surface area contributed by atoms with E-state index in [0.29, 0.717) is 11.2 Å². The highest BCUT2D eigenvalue weighted by Gasteiger charge is 2.17. The van der Waals surface area contributed by atoms with Crippen LogP contribution in [0.15, 0.2) is 48.8 Å². The fraction of sp³-hybridized carbons (Fsp3) is 0.174. The van der Waals surface area contributed by atoms with Crippen molar-refractivity contribution in [2.24, 2.45) is 14.1 Å². The van der Waals surface area contributed by atoms with Gasteiger partial charge in [-0.1, -0.05) is 19.1 Å². The van der Waals surface area contributed by atoms with Crippen LogP contribution in [0.4, 0.5) is 0 Å². The van der Waals surface area contributed by atoms with Crippen LogP contribution < -0.4 is 0 Å². The van der Waals surface area contributed by atoms with Crippen molar-refractivity contribution in [3.63, 3.8) is 0 Å². The average molecular weight is 412 g/mol. The topological polar surface area (TPSA) is 98.7 Å². The Hall–Kier alpha value is -4.07. The average Bonchev–Trinajstić information content (AvgIpc) is 3.35. The van der Waals surface area contributed by atoms with Gasteiger partial charge in [0.05, 0.1) is 22.9 Å². The number of rotatable bonds is 4. The summed E-state index contributed by atoms with van der Waals surface area (Å²) in [6.07, 6.45) is 4.48. The molecule has 4 heterocycles. The highest BCUT2D eigenvalue weighted by atomic mass is 16.4. The number of carboxylic acids is 1. The van der Waals surface area contributed by atoms with Crippen molar-refractivity contribution in [2.75, 3.05) is 0 Å². The second kappa shape index (κ2) is 7.02. The first-order chi connectivity index (χ1) is 14.9. The molecule has 8 heteroatoms. The summed E-state index contributed by atoms with van der Waals surface area (Å²) in [5.74, 6) is -1.07. The number of carbonyl (C=O) groups is 1. The molecule has 5 rings (SSSR count). The minimum absolute atomic E-state index is 0.00712. The summed E-state index contributed by atoms with van der Waals surface area (Å²) in [6.45, 7) is 2.04. The highest BCUT2D eigenvalue weighted by Crippen LogP contribution is 2.33. The molecule has 0 aliphatic heterocycles. The van der Waals surface area contributed by atoms with Gasteiger partial charge < -0.3 is 5.11 Å². The number of pyridine rings is 2. The van der Waals surface area contributed by atoms with Gasteiger partial charge in [-0.3, -0.25) is 14.3 Å². The smallest absolute Gasteiger partial charge is 0.354 e. The molecular weight excluding hydrogens is 392 g/mol. The van der Waals surface area contributed by atoms with E-state index in [2.05, 4.69) is 15.2 Å². The van der Waals surface area contributed by atoms with E-state index in [1.807, 2.05) is 62.2 Å². The number of aromatic nitrogens is 6. The first-order valence-corrected chi connectivity index (χ1v) is 9.94. The molecule has 31 heavy (non-hydrogen) atoms. The molecule has 4 aromatic heterocycles. The highest BCUT2D eigenvalue weighted by molar-refractivity contribution is 6.01. The third-order valence-corrected chi connectivity index (χ3v) is 5.42. The molecule has 0 aliphatic carbocycles. The molecule has 1 N–H and O–H groups in total. The fourth-order valence-electron chi connectivity index (χ4n) is 3.85. The van der Waals surface area contributed by atoms with E-state index in [0.717, 1.165) is 45.2 Å². The zero-order valence-corrected chi connectivity index (χ0v) is 17.4. The Morgan fingerprint density at radius 1 is 1.03 bits per heavy atom. The number of benzene rings is 1. The summed E-state index contributed by atoms with van der Waals surface area (Å²) in [4.78, 5) is 20.9. The van der Waals surface area contributed by atoms with Crippen LogP contribution in [0.5, 0.6) is 0 Å². The third kappa shape index (κ3) is 3.13. The number of nitrogens with zero attached hydrogens (tertiary/aromatic N) is 6. The first kappa shape index (κ1) is 18.9. The second-order valence-corrected chi connectivity index (χ2v) is 7.50. The Balaban J connectivity index is 1.80. The normalized spacial score (nSPS) is 11.5. The molecular formula is C23H20N6O2. The van der Waals surface area contributed by atoms with Gasteiger partial charge in [-0.25, -0.2) is 9.78 Å². The number of carboxylic acid groups (broad SMARTS) is 1. The van der Waals surface area contributed by atoms with E-state index in [4.69, 9.17) is 4.98 Å². The lowest BCUT2D eigenvalue weighted by Gasteiger charge is -2.09. The molecule has 154 valence electrons. The zero-order chi connectivity index (χ0) is 21.7. The molecule has 0 fully saturated rings. The molecule has 0 atom stereocenters. The molecule has 0 spiro atoms. The predicted molar refractivity (Wildman–Crippen MR) is 118 cm³/mol. The molecule has 0 saturated heterocycles. The molecule has 0 unspecified atom stereocenters. The Kier molecular flexibility index (Phi) is 4.28. The zero-order valence-electron chi connectivity index (χ0n) is 17.4. The quantitative estimate of drug-likeness (QED) is 0.481. The van der Waals surface area contributed by atoms with E-state index in [1.165, 1.54) is 0 Å². The molecule has 0 aliphatic rings. The van der Waals surface area contributed by atoms with Crippen molar-refractivity contribution in [3.05, 3.63) is 60.2 Å². The summed E-state index contributed by atoms with van der Waals surface area (Å²) in [5, 5.41) is 20.2. The monoisotopic (exact) mass is 412 g/mol. The summed E-state index contributed by atoms with van der Waals surface area (Å²) in [5.41, 5.74) is 5.64. The van der Waals surface area contributed by atoms with E-state index >= 15 is 0 Å². The van der Waals surface area contributed by atoms with Crippen LogP contribution in [-0.2, 0) is 20.5 Å². The first-order valence-electron chi connectivity index (χ1n) is 9.94. The van der Waals surface area contributed by atoms with Crippen LogP contribution in [0, 0.1) is 0 Å². The van der Waals surface area contributed by atoms with Crippen molar-refractivity contribution >= 4 is 27.8 Å². The van der Waals surface area contributed by atoms with Gasteiger partial charge >= 0.3 is 5.97 Å². The molecule has 0 radical (unpaired) electrons. The van der Waals surface area contributed by atoms with Crippen molar-refractivity contribution in [2.45, 2.75) is 13.3 Å². The third-order valence-electron chi connectivity index (χ3n) is 5.42. The fourth-order valence-corrected chi connectivity index (χ4v) is 3.85. The maximum atomic E-state index is 11.7. The Labute approximate surface area is 177 Å². The van der Waals surface area contributed by atoms with Gasteiger partial charge in [-0.05, 0) is 30.7 Å². The maximum Gasteiger partial charge on any atom is 0.354 e. The lowest BCUT2D eigenvalue weighted by atomic mass is 10.0. The van der Waals surface area contributed by atoms with Gasteiger partial charge in [0, 0.05) is 47.9 Å². The molecule has 5 aromatic rings. The Morgan fingerprint density at radius 2 is 1.87 bits per heavy atom. The van der Waals surface area contributed by atoms with E-state index in [-0.39, 0.29) is 5.69 Å². The van der Waals surface area contributed by atoms with Crippen LogP contribution in [0.3, 0.4) is 0 Å². The van der Waals surface area contributed by atoms with Crippen molar-refractivity contribution < 1.29 is 9.90 Å². The number of hydrogen-bond acceptors (Lipinski definition) is 5. The molecule has 0 bridgehead atoms.